The van der Waals surface area contributed by atoms with Crippen LogP contribution in [0.5, 0.6) is 0 Å². The van der Waals surface area contributed by atoms with Gasteiger partial charge in [0.25, 0.3) is 0 Å². The molecule has 1 aliphatic rings. The minimum atomic E-state index is -0.920. The quantitative estimate of drug-likeness (QED) is 0.878. The van der Waals surface area contributed by atoms with Gasteiger partial charge in [0.1, 0.15) is 5.82 Å². The molecule has 110 valence electrons. The summed E-state index contributed by atoms with van der Waals surface area (Å²) in [4.78, 5) is 18.2. The second kappa shape index (κ2) is 5.72. The van der Waals surface area contributed by atoms with E-state index in [0.717, 1.165) is 36.0 Å². The van der Waals surface area contributed by atoms with E-state index >= 15 is 0 Å². The van der Waals surface area contributed by atoms with Crippen molar-refractivity contribution in [1.82, 2.24) is 4.98 Å². The predicted molar refractivity (Wildman–Crippen MR) is 84.0 cm³/mol. The molecule has 2 aromatic rings. The van der Waals surface area contributed by atoms with Gasteiger partial charge in [0.2, 0.25) is 0 Å². The van der Waals surface area contributed by atoms with Gasteiger partial charge in [-0.1, -0.05) is 37.6 Å². The fourth-order valence-corrected chi connectivity index (χ4v) is 2.75. The van der Waals surface area contributed by atoms with Crippen molar-refractivity contribution in [2.75, 3.05) is 11.4 Å². The summed E-state index contributed by atoms with van der Waals surface area (Å²) in [7, 11) is 0. The Kier molecular flexibility index (Phi) is 3.78. The van der Waals surface area contributed by atoms with Gasteiger partial charge in [-0.05, 0) is 19.3 Å². The van der Waals surface area contributed by atoms with Gasteiger partial charge in [-0.2, -0.15) is 0 Å². The molecule has 0 amide bonds. The molecule has 1 fully saturated rings. The van der Waals surface area contributed by atoms with Crippen LogP contribution in [-0.4, -0.2) is 28.6 Å². The molecule has 4 nitrogen and oxygen atoms in total. The van der Waals surface area contributed by atoms with Crippen molar-refractivity contribution in [1.29, 1.82) is 0 Å². The lowest BCUT2D eigenvalue weighted by molar-refractivity contribution is 0.0698. The second-order valence-corrected chi connectivity index (χ2v) is 5.62. The second-order valence-electron chi connectivity index (χ2n) is 5.62. The maximum Gasteiger partial charge on any atom is 0.337 e. The van der Waals surface area contributed by atoms with Gasteiger partial charge in [-0.3, -0.25) is 0 Å². The van der Waals surface area contributed by atoms with E-state index in [-0.39, 0.29) is 5.56 Å². The van der Waals surface area contributed by atoms with Gasteiger partial charge in [0, 0.05) is 29.6 Å². The number of pyridine rings is 1. The van der Waals surface area contributed by atoms with Crippen LogP contribution in [0.1, 0.15) is 43.0 Å². The number of unbranched alkanes of at least 4 members (excludes halogenated alkanes) is 1. The molecule has 0 radical (unpaired) electrons. The summed E-state index contributed by atoms with van der Waals surface area (Å²) in [5.41, 5.74) is 0.278. The van der Waals surface area contributed by atoms with E-state index in [1.807, 2.05) is 24.3 Å². The summed E-state index contributed by atoms with van der Waals surface area (Å²) >= 11 is 0. The number of rotatable bonds is 6. The molecule has 4 heteroatoms. The van der Waals surface area contributed by atoms with Gasteiger partial charge in [-0.15, -0.1) is 0 Å². The number of carboxylic acids is 1. The van der Waals surface area contributed by atoms with E-state index in [2.05, 4.69) is 16.8 Å². The molecular weight excluding hydrogens is 264 g/mol. The molecule has 1 saturated carbocycles. The number of hydrogen-bond acceptors (Lipinski definition) is 3. The zero-order valence-corrected chi connectivity index (χ0v) is 12.2. The first-order chi connectivity index (χ1) is 10.2. The predicted octanol–water partition coefficient (Wildman–Crippen LogP) is 3.70. The number of hydrogen-bond donors (Lipinski definition) is 1. The smallest absolute Gasteiger partial charge is 0.337 e. The zero-order chi connectivity index (χ0) is 14.8. The van der Waals surface area contributed by atoms with Crippen LogP contribution in [-0.2, 0) is 0 Å². The lowest BCUT2D eigenvalue weighted by Gasteiger charge is -2.25. The number of aromatic carboxylic acids is 1. The third kappa shape index (κ3) is 2.71. The van der Waals surface area contributed by atoms with Crippen LogP contribution in [0.2, 0.25) is 0 Å². The minimum absolute atomic E-state index is 0.278. The van der Waals surface area contributed by atoms with Crippen LogP contribution in [0.3, 0.4) is 0 Å². The molecule has 0 spiro atoms. The number of nitrogens with zero attached hydrogens (tertiary/aromatic N) is 2. The Hall–Kier alpha value is -2.10. The highest BCUT2D eigenvalue weighted by Crippen LogP contribution is 2.35. The molecular formula is C17H20N2O2. The number of benzene rings is 1. The van der Waals surface area contributed by atoms with Gasteiger partial charge in [-0.25, -0.2) is 9.78 Å². The number of anilines is 1. The van der Waals surface area contributed by atoms with E-state index in [1.165, 1.54) is 19.0 Å². The highest BCUT2D eigenvalue weighted by atomic mass is 16.4. The van der Waals surface area contributed by atoms with Crippen molar-refractivity contribution < 1.29 is 9.90 Å². The Balaban J connectivity index is 2.09. The summed E-state index contributed by atoms with van der Waals surface area (Å²) in [6.07, 6.45) is 6.20. The highest BCUT2D eigenvalue weighted by Gasteiger charge is 2.30. The van der Waals surface area contributed by atoms with Crippen LogP contribution < -0.4 is 4.90 Å². The SMILES string of the molecule is CCCCN(c1ncc(C(=O)O)c2ccccc12)C1CC1. The third-order valence-corrected chi connectivity index (χ3v) is 4.02. The van der Waals surface area contributed by atoms with E-state index < -0.39 is 5.97 Å². The van der Waals surface area contributed by atoms with Crippen LogP contribution in [0, 0.1) is 0 Å². The third-order valence-electron chi connectivity index (χ3n) is 4.02. The van der Waals surface area contributed by atoms with E-state index in [1.54, 1.807) is 0 Å². The molecule has 0 aliphatic heterocycles. The van der Waals surface area contributed by atoms with Crippen LogP contribution in [0.25, 0.3) is 10.8 Å². The van der Waals surface area contributed by atoms with Crippen molar-refractivity contribution in [2.45, 2.75) is 38.6 Å². The molecule has 0 atom stereocenters. The molecule has 1 heterocycles. The summed E-state index contributed by atoms with van der Waals surface area (Å²) < 4.78 is 0. The average Bonchev–Trinajstić information content (AvgIpc) is 3.32. The highest BCUT2D eigenvalue weighted by molar-refractivity contribution is 6.06. The fraction of sp³-hybridized carbons (Fsp3) is 0.412. The molecule has 0 bridgehead atoms. The molecule has 1 aromatic heterocycles. The van der Waals surface area contributed by atoms with Crippen LogP contribution >= 0.6 is 0 Å². The van der Waals surface area contributed by atoms with E-state index in [4.69, 9.17) is 0 Å². The van der Waals surface area contributed by atoms with Crippen molar-refractivity contribution >= 4 is 22.6 Å². The molecule has 21 heavy (non-hydrogen) atoms. The number of carboxylic acid groups (broad SMARTS) is 1. The zero-order valence-electron chi connectivity index (χ0n) is 12.2. The first-order valence-electron chi connectivity index (χ1n) is 7.60. The van der Waals surface area contributed by atoms with Gasteiger partial charge in [0.15, 0.2) is 0 Å². The molecule has 0 unspecified atom stereocenters. The van der Waals surface area contributed by atoms with Crippen molar-refractivity contribution in [3.8, 4) is 0 Å². The maximum absolute atomic E-state index is 11.4. The summed E-state index contributed by atoms with van der Waals surface area (Å²) in [5.74, 6) is 0.0170. The van der Waals surface area contributed by atoms with E-state index in [9.17, 15) is 9.90 Å². The van der Waals surface area contributed by atoms with E-state index in [0.29, 0.717) is 6.04 Å². The lowest BCUT2D eigenvalue weighted by Crippen LogP contribution is -2.28. The molecule has 0 saturated heterocycles. The Morgan fingerprint density at radius 3 is 2.67 bits per heavy atom. The topological polar surface area (TPSA) is 53.4 Å². The van der Waals surface area contributed by atoms with Crippen molar-refractivity contribution in [3.63, 3.8) is 0 Å². The molecule has 3 rings (SSSR count). The van der Waals surface area contributed by atoms with Gasteiger partial charge < -0.3 is 10.0 Å². The monoisotopic (exact) mass is 284 g/mol. The maximum atomic E-state index is 11.4. The Morgan fingerprint density at radius 1 is 1.33 bits per heavy atom. The Labute approximate surface area is 124 Å². The summed E-state index contributed by atoms with van der Waals surface area (Å²) in [6, 6.07) is 8.25. The number of aromatic nitrogens is 1. The minimum Gasteiger partial charge on any atom is -0.478 e. The summed E-state index contributed by atoms with van der Waals surface area (Å²) in [5, 5.41) is 11.0. The number of carbonyl (C=O) groups is 1. The average molecular weight is 284 g/mol. The first-order valence-corrected chi connectivity index (χ1v) is 7.60. The van der Waals surface area contributed by atoms with Crippen LogP contribution in [0.4, 0.5) is 5.82 Å². The molecule has 1 aromatic carbocycles. The normalized spacial score (nSPS) is 14.3. The van der Waals surface area contributed by atoms with Crippen molar-refractivity contribution in [2.24, 2.45) is 0 Å². The van der Waals surface area contributed by atoms with Gasteiger partial charge >= 0.3 is 5.97 Å². The summed E-state index contributed by atoms with van der Waals surface area (Å²) in [6.45, 7) is 3.18. The molecule has 1 N–H and O–H groups in total. The largest absolute Gasteiger partial charge is 0.478 e. The fourth-order valence-electron chi connectivity index (χ4n) is 2.75. The Bertz CT molecular complexity index is 665. The lowest BCUT2D eigenvalue weighted by atomic mass is 10.1. The molecule has 1 aliphatic carbocycles. The van der Waals surface area contributed by atoms with Crippen LogP contribution in [0.15, 0.2) is 30.5 Å². The number of fused-ring (bicyclic) bond motifs is 1. The van der Waals surface area contributed by atoms with Gasteiger partial charge in [0.05, 0.1) is 5.56 Å². The van der Waals surface area contributed by atoms with Crippen molar-refractivity contribution in [3.05, 3.63) is 36.0 Å². The first kappa shape index (κ1) is 13.9. The standard InChI is InChI=1S/C17H20N2O2/c1-2-3-10-19(12-8-9-12)16-14-7-5-4-6-13(14)15(11-18-16)17(20)21/h4-7,11-12H,2-3,8-10H2,1H3,(H,20,21). The Morgan fingerprint density at radius 2 is 2.05 bits per heavy atom.